The number of tetrazole rings is 1. The Kier molecular flexibility index (Phi) is 8.61. The zero-order valence-corrected chi connectivity index (χ0v) is 23.6. The lowest BCUT2D eigenvalue weighted by Gasteiger charge is -2.28. The van der Waals surface area contributed by atoms with Crippen molar-refractivity contribution in [3.05, 3.63) is 63.7 Å². The van der Waals surface area contributed by atoms with Gasteiger partial charge in [-0.2, -0.15) is 44.3 Å². The first kappa shape index (κ1) is 32.0. The molecule has 0 amide bonds. The van der Waals surface area contributed by atoms with Crippen LogP contribution in [0.5, 0.6) is 0 Å². The molecule has 0 saturated heterocycles. The number of nitrogens with two attached hydrogens (primary N) is 1. The minimum absolute atomic E-state index is 0.0440. The van der Waals surface area contributed by atoms with Crippen molar-refractivity contribution in [1.82, 2.24) is 25.1 Å². The SMILES string of the molecule is Cc1cc2c(cc1C(F)(F)F)N(CC1CC1)CCC[C@@H]2[N+](Cc1cc(C(F)(F)F)cc(C(F)(F)F)c1)c1nnn(CCN)n1. The van der Waals surface area contributed by atoms with Crippen molar-refractivity contribution in [2.45, 2.75) is 70.3 Å². The lowest BCUT2D eigenvalue weighted by Crippen LogP contribution is -2.32. The van der Waals surface area contributed by atoms with Crippen LogP contribution in [0.1, 0.15) is 65.1 Å². The number of hydrogen-bond acceptors (Lipinski definition) is 6. The molecule has 3 aromatic rings. The molecule has 7 nitrogen and oxygen atoms in total. The maximum Gasteiger partial charge on any atom is 0.418 e. The first-order valence-corrected chi connectivity index (χ1v) is 14.0. The van der Waals surface area contributed by atoms with Gasteiger partial charge < -0.3 is 10.6 Å². The van der Waals surface area contributed by atoms with Crippen molar-refractivity contribution >= 4 is 11.6 Å². The topological polar surface area (TPSA) is 78.8 Å². The van der Waals surface area contributed by atoms with E-state index in [1.165, 1.54) is 17.9 Å². The monoisotopic (exact) mass is 635 g/mol. The third-order valence-electron chi connectivity index (χ3n) is 7.86. The molecule has 2 heterocycles. The van der Waals surface area contributed by atoms with E-state index in [1.54, 1.807) is 0 Å². The molecule has 2 N–H and O–H groups in total. The Morgan fingerprint density at radius 1 is 0.886 bits per heavy atom. The van der Waals surface area contributed by atoms with Crippen molar-refractivity contribution in [3.63, 3.8) is 0 Å². The van der Waals surface area contributed by atoms with E-state index < -0.39 is 47.8 Å². The molecule has 1 aliphatic carbocycles. The Labute approximate surface area is 246 Å². The van der Waals surface area contributed by atoms with Gasteiger partial charge in [-0.3, -0.25) is 0 Å². The van der Waals surface area contributed by atoms with Crippen LogP contribution in [-0.4, -0.2) is 39.8 Å². The van der Waals surface area contributed by atoms with E-state index >= 15 is 0 Å². The number of rotatable bonds is 8. The number of hydrogen-bond donors (Lipinski definition) is 1. The Balaban J connectivity index is 1.66. The van der Waals surface area contributed by atoms with Crippen molar-refractivity contribution in [3.8, 4) is 0 Å². The van der Waals surface area contributed by atoms with Gasteiger partial charge in [-0.25, -0.2) is 0 Å². The van der Waals surface area contributed by atoms with E-state index in [2.05, 4.69) is 15.4 Å². The van der Waals surface area contributed by atoms with Gasteiger partial charge in [0, 0.05) is 42.9 Å². The fourth-order valence-corrected chi connectivity index (χ4v) is 5.63. The molecule has 1 aliphatic heterocycles. The maximum atomic E-state index is 14.0. The highest BCUT2D eigenvalue weighted by atomic mass is 19.4. The molecule has 2 aromatic carbocycles. The zero-order chi connectivity index (χ0) is 32.0. The summed E-state index contributed by atoms with van der Waals surface area (Å²) in [5.41, 5.74) is 2.18. The number of fused-ring (bicyclic) bond motifs is 1. The molecule has 1 atom stereocenters. The molecule has 0 unspecified atom stereocenters. The number of nitrogens with zero attached hydrogens (tertiary/aromatic N) is 6. The molecule has 239 valence electrons. The van der Waals surface area contributed by atoms with Crippen LogP contribution in [0.4, 0.5) is 51.1 Å². The molecule has 0 bridgehead atoms. The van der Waals surface area contributed by atoms with Gasteiger partial charge in [0.1, 0.15) is 0 Å². The molecule has 1 radical (unpaired) electrons. The normalized spacial score (nSPS) is 18.1. The summed E-state index contributed by atoms with van der Waals surface area (Å²) in [5, 5.41) is 12.2. The zero-order valence-electron chi connectivity index (χ0n) is 23.6. The number of anilines is 2. The predicted molar refractivity (Wildman–Crippen MR) is 142 cm³/mol. The van der Waals surface area contributed by atoms with Crippen molar-refractivity contribution in [2.24, 2.45) is 11.7 Å². The number of aromatic nitrogens is 4. The summed E-state index contributed by atoms with van der Waals surface area (Å²) in [6.07, 6.45) is -12.1. The Morgan fingerprint density at radius 2 is 1.55 bits per heavy atom. The average molecular weight is 636 g/mol. The molecule has 5 rings (SSSR count). The third-order valence-corrected chi connectivity index (χ3v) is 7.86. The largest absolute Gasteiger partial charge is 0.418 e. The predicted octanol–water partition coefficient (Wildman–Crippen LogP) is 6.72. The summed E-state index contributed by atoms with van der Waals surface area (Å²) in [6, 6.07) is 2.99. The van der Waals surface area contributed by atoms with Crippen molar-refractivity contribution < 1.29 is 39.5 Å². The number of halogens is 9. The Morgan fingerprint density at radius 3 is 2.11 bits per heavy atom. The van der Waals surface area contributed by atoms with Gasteiger partial charge >= 0.3 is 24.5 Å². The van der Waals surface area contributed by atoms with Crippen LogP contribution in [0.25, 0.3) is 0 Å². The van der Waals surface area contributed by atoms with Gasteiger partial charge in [0.2, 0.25) is 0 Å². The Bertz CT molecular complexity index is 1440. The summed E-state index contributed by atoms with van der Waals surface area (Å²) < 4.78 is 124. The summed E-state index contributed by atoms with van der Waals surface area (Å²) in [6.45, 7) is 2.02. The molecule has 1 fully saturated rings. The first-order chi connectivity index (χ1) is 20.5. The molecular weight excluding hydrogens is 605 g/mol. The van der Waals surface area contributed by atoms with Crippen LogP contribution in [0.2, 0.25) is 0 Å². The van der Waals surface area contributed by atoms with Crippen LogP contribution in [0.3, 0.4) is 0 Å². The van der Waals surface area contributed by atoms with E-state index in [0.717, 1.165) is 23.7 Å². The van der Waals surface area contributed by atoms with Crippen LogP contribution in [0.15, 0.2) is 30.3 Å². The highest BCUT2D eigenvalue weighted by Crippen LogP contribution is 2.45. The lowest BCUT2D eigenvalue weighted by atomic mass is 9.94. The second-order valence-electron chi connectivity index (χ2n) is 11.3. The average Bonchev–Trinajstić information content (AvgIpc) is 3.65. The molecular formula is C28H30F9N7+. The molecule has 16 heteroatoms. The maximum absolute atomic E-state index is 14.0. The fraction of sp³-hybridized carbons (Fsp3) is 0.536. The Hall–Kier alpha value is -3.40. The minimum atomic E-state index is -5.06. The second-order valence-corrected chi connectivity index (χ2v) is 11.3. The van der Waals surface area contributed by atoms with Crippen LogP contribution in [0, 0.1) is 12.8 Å². The van der Waals surface area contributed by atoms with Gasteiger partial charge in [-0.1, -0.05) is 10.00 Å². The summed E-state index contributed by atoms with van der Waals surface area (Å²) >= 11 is 0. The molecule has 1 aromatic heterocycles. The van der Waals surface area contributed by atoms with E-state index in [0.29, 0.717) is 55.2 Å². The van der Waals surface area contributed by atoms with E-state index in [1.807, 2.05) is 4.90 Å². The van der Waals surface area contributed by atoms with Gasteiger partial charge in [0.05, 0.1) is 23.2 Å². The van der Waals surface area contributed by atoms with E-state index in [4.69, 9.17) is 5.73 Å². The first-order valence-electron chi connectivity index (χ1n) is 14.0. The van der Waals surface area contributed by atoms with Gasteiger partial charge in [0.15, 0.2) is 12.6 Å². The quantitative estimate of drug-likeness (QED) is 0.220. The van der Waals surface area contributed by atoms with Crippen molar-refractivity contribution in [2.75, 3.05) is 24.5 Å². The third kappa shape index (κ3) is 7.11. The van der Waals surface area contributed by atoms with E-state index in [9.17, 15) is 39.5 Å². The van der Waals surface area contributed by atoms with Crippen molar-refractivity contribution in [1.29, 1.82) is 0 Å². The second kappa shape index (κ2) is 11.8. The van der Waals surface area contributed by atoms with Crippen LogP contribution < -0.4 is 15.5 Å². The fourth-order valence-electron chi connectivity index (χ4n) is 5.63. The van der Waals surface area contributed by atoms with Crippen LogP contribution in [-0.2, 0) is 31.6 Å². The highest BCUT2D eigenvalue weighted by molar-refractivity contribution is 5.61. The summed E-state index contributed by atoms with van der Waals surface area (Å²) in [4.78, 5) is 4.46. The molecule has 2 aliphatic rings. The number of alkyl halides is 9. The number of benzene rings is 2. The highest BCUT2D eigenvalue weighted by Gasteiger charge is 2.44. The minimum Gasteiger partial charge on any atom is -0.371 e. The standard InChI is InChI=1S/C28H30F9N7/c1-16-9-21-23(3-2-7-42(14-17-4-5-17)24(21)13-22(16)28(35,36)37)43(25-39-41-44(40-25)8-6-38)15-18-10-19(26(29,30)31)12-20(11-18)27(32,33)34/h9-13,17,23H,2-8,14-15,38H2,1H3/q+1/t23-/m0/s1. The van der Waals surface area contributed by atoms with Gasteiger partial charge in [-0.15, -0.1) is 0 Å². The molecule has 0 spiro atoms. The molecule has 1 saturated carbocycles. The van der Waals surface area contributed by atoms with Crippen LogP contribution >= 0.6 is 0 Å². The van der Waals surface area contributed by atoms with Gasteiger partial charge in [-0.05, 0) is 78.3 Å². The van der Waals surface area contributed by atoms with E-state index in [-0.39, 0.29) is 36.2 Å². The lowest BCUT2D eigenvalue weighted by molar-refractivity contribution is -0.143. The smallest absolute Gasteiger partial charge is 0.371 e. The van der Waals surface area contributed by atoms with Gasteiger partial charge in [0.25, 0.3) is 0 Å². The molecule has 44 heavy (non-hydrogen) atoms. The number of aryl methyl sites for hydroxylation is 1. The summed E-state index contributed by atoms with van der Waals surface area (Å²) in [5.74, 6) is 0.225. The summed E-state index contributed by atoms with van der Waals surface area (Å²) in [7, 11) is 0.